The molecule has 18 heavy (non-hydrogen) atoms. The summed E-state index contributed by atoms with van der Waals surface area (Å²) in [6.07, 6.45) is 8.39. The average Bonchev–Trinajstić information content (AvgIpc) is 2.40. The Morgan fingerprint density at radius 1 is 1.17 bits per heavy atom. The number of rotatable bonds is 4. The van der Waals surface area contributed by atoms with Gasteiger partial charge >= 0.3 is 0 Å². The zero-order chi connectivity index (χ0) is 13.0. The third-order valence-corrected chi connectivity index (χ3v) is 4.30. The van der Waals surface area contributed by atoms with Gasteiger partial charge in [0.1, 0.15) is 0 Å². The second-order valence-electron chi connectivity index (χ2n) is 5.82. The maximum Gasteiger partial charge on any atom is 0.159 e. The molecule has 1 aromatic rings. The molecule has 1 saturated carbocycles. The van der Waals surface area contributed by atoms with Crippen LogP contribution in [-0.4, -0.2) is 5.78 Å². The van der Waals surface area contributed by atoms with E-state index in [1.54, 1.807) is 6.92 Å². The third kappa shape index (κ3) is 3.44. The molecule has 0 aromatic heterocycles. The van der Waals surface area contributed by atoms with Crippen molar-refractivity contribution in [3.8, 4) is 0 Å². The zero-order valence-corrected chi connectivity index (χ0v) is 11.6. The van der Waals surface area contributed by atoms with Gasteiger partial charge < -0.3 is 0 Å². The van der Waals surface area contributed by atoms with Crippen molar-refractivity contribution in [1.82, 2.24) is 0 Å². The van der Waals surface area contributed by atoms with Gasteiger partial charge in [-0.2, -0.15) is 0 Å². The standard InChI is InChI=1S/C17H24O/c1-13(12-15-6-4-3-5-7-15)16-8-10-17(11-9-16)14(2)18/h8-11,13,15H,3-7,12H2,1-2H3/t13-/m0/s1. The fourth-order valence-electron chi connectivity index (χ4n) is 3.11. The summed E-state index contributed by atoms with van der Waals surface area (Å²) in [7, 11) is 0. The summed E-state index contributed by atoms with van der Waals surface area (Å²) in [4.78, 5) is 11.2. The first-order valence-corrected chi connectivity index (χ1v) is 7.27. The van der Waals surface area contributed by atoms with Gasteiger partial charge in [0, 0.05) is 5.56 Å². The van der Waals surface area contributed by atoms with Crippen LogP contribution in [0, 0.1) is 5.92 Å². The van der Waals surface area contributed by atoms with Gasteiger partial charge in [-0.05, 0) is 30.7 Å². The minimum absolute atomic E-state index is 0.154. The first kappa shape index (κ1) is 13.3. The largest absolute Gasteiger partial charge is 0.295 e. The van der Waals surface area contributed by atoms with Gasteiger partial charge in [-0.15, -0.1) is 0 Å². The van der Waals surface area contributed by atoms with E-state index < -0.39 is 0 Å². The van der Waals surface area contributed by atoms with E-state index in [1.165, 1.54) is 44.1 Å². The smallest absolute Gasteiger partial charge is 0.159 e. The molecule has 0 unspecified atom stereocenters. The van der Waals surface area contributed by atoms with Crippen LogP contribution in [0.1, 0.15) is 74.2 Å². The normalized spacial score (nSPS) is 18.6. The van der Waals surface area contributed by atoms with Gasteiger partial charge in [0.05, 0.1) is 0 Å². The maximum absolute atomic E-state index is 11.2. The van der Waals surface area contributed by atoms with Gasteiger partial charge in [-0.1, -0.05) is 63.3 Å². The number of benzene rings is 1. The van der Waals surface area contributed by atoms with E-state index in [9.17, 15) is 4.79 Å². The Kier molecular flexibility index (Phi) is 4.57. The van der Waals surface area contributed by atoms with Gasteiger partial charge in [-0.25, -0.2) is 0 Å². The topological polar surface area (TPSA) is 17.1 Å². The Morgan fingerprint density at radius 3 is 2.33 bits per heavy atom. The molecule has 2 rings (SSSR count). The van der Waals surface area contributed by atoms with Crippen LogP contribution in [0.2, 0.25) is 0 Å². The molecule has 98 valence electrons. The van der Waals surface area contributed by atoms with Crippen LogP contribution in [0.25, 0.3) is 0 Å². The second kappa shape index (κ2) is 6.17. The van der Waals surface area contributed by atoms with Crippen molar-refractivity contribution in [2.24, 2.45) is 5.92 Å². The lowest BCUT2D eigenvalue weighted by molar-refractivity contribution is 0.101. The van der Waals surface area contributed by atoms with Crippen LogP contribution in [0.5, 0.6) is 0 Å². The molecule has 0 N–H and O–H groups in total. The summed E-state index contributed by atoms with van der Waals surface area (Å²) in [6.45, 7) is 3.94. The Bertz CT molecular complexity index is 385. The van der Waals surface area contributed by atoms with Crippen molar-refractivity contribution < 1.29 is 4.79 Å². The maximum atomic E-state index is 11.2. The number of carbonyl (C=O) groups is 1. The Balaban J connectivity index is 1.95. The SMILES string of the molecule is CC(=O)c1ccc([C@@H](C)CC2CCCCC2)cc1. The van der Waals surface area contributed by atoms with Crippen molar-refractivity contribution in [1.29, 1.82) is 0 Å². The first-order chi connectivity index (χ1) is 8.66. The molecule has 0 bridgehead atoms. The summed E-state index contributed by atoms with van der Waals surface area (Å²) >= 11 is 0. The molecular formula is C17H24O. The van der Waals surface area contributed by atoms with Gasteiger partial charge in [-0.3, -0.25) is 4.79 Å². The number of hydrogen-bond donors (Lipinski definition) is 0. The molecule has 0 radical (unpaired) electrons. The highest BCUT2D eigenvalue weighted by atomic mass is 16.1. The molecule has 1 aliphatic rings. The molecule has 0 aliphatic heterocycles. The van der Waals surface area contributed by atoms with Crippen molar-refractivity contribution in [2.45, 2.75) is 58.3 Å². The molecule has 0 amide bonds. The Labute approximate surface area is 111 Å². The van der Waals surface area contributed by atoms with Crippen LogP contribution in [0.4, 0.5) is 0 Å². The lowest BCUT2D eigenvalue weighted by atomic mass is 9.81. The summed E-state index contributed by atoms with van der Waals surface area (Å²) < 4.78 is 0. The third-order valence-electron chi connectivity index (χ3n) is 4.30. The van der Waals surface area contributed by atoms with Crippen LogP contribution >= 0.6 is 0 Å². The lowest BCUT2D eigenvalue weighted by Gasteiger charge is -2.24. The van der Waals surface area contributed by atoms with E-state index in [-0.39, 0.29) is 5.78 Å². The second-order valence-corrected chi connectivity index (χ2v) is 5.82. The molecular weight excluding hydrogens is 220 g/mol. The van der Waals surface area contributed by atoms with E-state index in [2.05, 4.69) is 19.1 Å². The lowest BCUT2D eigenvalue weighted by Crippen LogP contribution is -2.09. The van der Waals surface area contributed by atoms with E-state index in [0.29, 0.717) is 5.92 Å². The summed E-state index contributed by atoms with van der Waals surface area (Å²) in [5.41, 5.74) is 2.20. The van der Waals surface area contributed by atoms with Crippen LogP contribution < -0.4 is 0 Å². The molecule has 1 fully saturated rings. The monoisotopic (exact) mass is 244 g/mol. The van der Waals surface area contributed by atoms with Crippen LogP contribution in [0.15, 0.2) is 24.3 Å². The predicted octanol–water partition coefficient (Wildman–Crippen LogP) is 4.96. The Morgan fingerprint density at radius 2 is 1.78 bits per heavy atom. The van der Waals surface area contributed by atoms with Crippen molar-refractivity contribution in [3.05, 3.63) is 35.4 Å². The van der Waals surface area contributed by atoms with E-state index in [1.807, 2.05) is 12.1 Å². The minimum atomic E-state index is 0.154. The minimum Gasteiger partial charge on any atom is -0.295 e. The fourth-order valence-corrected chi connectivity index (χ4v) is 3.11. The molecule has 1 heteroatoms. The summed E-state index contributed by atoms with van der Waals surface area (Å²) in [5, 5.41) is 0. The summed E-state index contributed by atoms with van der Waals surface area (Å²) in [6, 6.07) is 8.19. The van der Waals surface area contributed by atoms with Crippen molar-refractivity contribution >= 4 is 5.78 Å². The molecule has 0 saturated heterocycles. The van der Waals surface area contributed by atoms with Gasteiger partial charge in [0.25, 0.3) is 0 Å². The predicted molar refractivity (Wildman–Crippen MR) is 76.1 cm³/mol. The molecule has 0 heterocycles. The first-order valence-electron chi connectivity index (χ1n) is 7.27. The Hall–Kier alpha value is -1.11. The summed E-state index contributed by atoms with van der Waals surface area (Å²) in [5.74, 6) is 1.69. The van der Waals surface area contributed by atoms with E-state index in [4.69, 9.17) is 0 Å². The number of Topliss-reactive ketones (excluding diaryl/α,β-unsaturated/α-hetero) is 1. The highest BCUT2D eigenvalue weighted by molar-refractivity contribution is 5.94. The van der Waals surface area contributed by atoms with E-state index >= 15 is 0 Å². The molecule has 1 atom stereocenters. The molecule has 0 spiro atoms. The molecule has 1 nitrogen and oxygen atoms in total. The quantitative estimate of drug-likeness (QED) is 0.684. The van der Waals surface area contributed by atoms with Crippen LogP contribution in [-0.2, 0) is 0 Å². The fraction of sp³-hybridized carbons (Fsp3) is 0.588. The van der Waals surface area contributed by atoms with Crippen molar-refractivity contribution in [3.63, 3.8) is 0 Å². The number of carbonyl (C=O) groups excluding carboxylic acids is 1. The number of hydrogen-bond acceptors (Lipinski definition) is 1. The van der Waals surface area contributed by atoms with Gasteiger partial charge in [0.15, 0.2) is 5.78 Å². The van der Waals surface area contributed by atoms with E-state index in [0.717, 1.165) is 11.5 Å². The highest BCUT2D eigenvalue weighted by Gasteiger charge is 2.17. The van der Waals surface area contributed by atoms with Crippen LogP contribution in [0.3, 0.4) is 0 Å². The molecule has 1 aliphatic carbocycles. The zero-order valence-electron chi connectivity index (χ0n) is 11.6. The average molecular weight is 244 g/mol. The van der Waals surface area contributed by atoms with Gasteiger partial charge in [0.2, 0.25) is 0 Å². The number of ketones is 1. The van der Waals surface area contributed by atoms with Crippen molar-refractivity contribution in [2.75, 3.05) is 0 Å². The molecule has 1 aromatic carbocycles. The highest BCUT2D eigenvalue weighted by Crippen LogP contribution is 2.32.